The molecule has 0 spiro atoms. The molecule has 0 atom stereocenters. The number of fused-ring (bicyclic) bond motifs is 1. The zero-order chi connectivity index (χ0) is 17.6. The molecule has 1 heterocycles. The highest BCUT2D eigenvalue weighted by atomic mass is 16.2. The average molecular weight is 331 g/mol. The first-order chi connectivity index (χ1) is 12.2. The first kappa shape index (κ1) is 16.5. The highest BCUT2D eigenvalue weighted by molar-refractivity contribution is 6.08. The number of anilines is 2. The minimum atomic E-state index is -0.409. The molecule has 2 aromatic rings. The van der Waals surface area contributed by atoms with Gasteiger partial charge in [-0.3, -0.25) is 9.59 Å². The lowest BCUT2D eigenvalue weighted by Crippen LogP contribution is -2.34. The molecule has 0 aromatic heterocycles. The molecule has 1 aliphatic rings. The lowest BCUT2D eigenvalue weighted by atomic mass is 10.0. The fourth-order valence-electron chi connectivity index (χ4n) is 2.85. The number of amides is 2. The van der Waals surface area contributed by atoms with E-state index in [9.17, 15) is 9.59 Å². The molecule has 2 amide bonds. The third-order valence-electron chi connectivity index (χ3n) is 4.01. The summed E-state index contributed by atoms with van der Waals surface area (Å²) >= 11 is 0. The van der Waals surface area contributed by atoms with Crippen LogP contribution in [0, 0.1) is 11.3 Å². The van der Waals surface area contributed by atoms with Crippen LogP contribution >= 0.6 is 0 Å². The lowest BCUT2D eigenvalue weighted by Gasteiger charge is -2.28. The molecule has 5 nitrogen and oxygen atoms in total. The Labute approximate surface area is 146 Å². The minimum absolute atomic E-state index is 0.215. The maximum absolute atomic E-state index is 12.4. The molecule has 0 saturated carbocycles. The van der Waals surface area contributed by atoms with Crippen LogP contribution in [-0.2, 0) is 16.0 Å². The summed E-state index contributed by atoms with van der Waals surface area (Å²) in [5.41, 5.74) is 3.03. The topological polar surface area (TPSA) is 73.2 Å². The van der Waals surface area contributed by atoms with Gasteiger partial charge in [-0.05, 0) is 42.7 Å². The molecule has 0 fully saturated rings. The van der Waals surface area contributed by atoms with E-state index in [0.717, 1.165) is 24.1 Å². The van der Waals surface area contributed by atoms with Crippen molar-refractivity contribution in [1.82, 2.24) is 0 Å². The predicted molar refractivity (Wildman–Crippen MR) is 96.0 cm³/mol. The van der Waals surface area contributed by atoms with Gasteiger partial charge in [0.1, 0.15) is 0 Å². The van der Waals surface area contributed by atoms with Gasteiger partial charge >= 0.3 is 0 Å². The van der Waals surface area contributed by atoms with Crippen LogP contribution in [0.3, 0.4) is 0 Å². The largest absolute Gasteiger partial charge is 0.322 e. The Kier molecular flexibility index (Phi) is 4.91. The minimum Gasteiger partial charge on any atom is -0.322 e. The molecule has 25 heavy (non-hydrogen) atoms. The molecule has 124 valence electrons. The van der Waals surface area contributed by atoms with Gasteiger partial charge in [0.05, 0.1) is 11.6 Å². The van der Waals surface area contributed by atoms with Crippen LogP contribution in [0.4, 0.5) is 11.4 Å². The normalized spacial score (nSPS) is 13.2. The fraction of sp³-hybridized carbons (Fsp3) is 0.150. The van der Waals surface area contributed by atoms with Crippen LogP contribution in [0.25, 0.3) is 0 Å². The van der Waals surface area contributed by atoms with Gasteiger partial charge in [0.15, 0.2) is 0 Å². The molecular formula is C20H17N3O2. The number of para-hydroxylation sites is 1. The van der Waals surface area contributed by atoms with E-state index in [1.54, 1.807) is 29.2 Å². The van der Waals surface area contributed by atoms with E-state index in [-0.39, 0.29) is 5.91 Å². The molecular weight excluding hydrogens is 314 g/mol. The number of benzene rings is 2. The summed E-state index contributed by atoms with van der Waals surface area (Å²) < 4.78 is 0. The number of nitrogens with zero attached hydrogens (tertiary/aromatic N) is 2. The Morgan fingerprint density at radius 2 is 1.96 bits per heavy atom. The third kappa shape index (κ3) is 3.93. The van der Waals surface area contributed by atoms with Crippen LogP contribution in [0.15, 0.2) is 60.7 Å². The number of nitriles is 1. The zero-order valence-electron chi connectivity index (χ0n) is 13.6. The van der Waals surface area contributed by atoms with E-state index in [2.05, 4.69) is 5.32 Å². The molecule has 0 aliphatic carbocycles. The number of carbonyl (C=O) groups is 2. The third-order valence-corrected chi connectivity index (χ3v) is 4.01. The van der Waals surface area contributed by atoms with Crippen molar-refractivity contribution in [3.05, 3.63) is 71.8 Å². The Morgan fingerprint density at radius 3 is 2.80 bits per heavy atom. The van der Waals surface area contributed by atoms with Gasteiger partial charge in [-0.1, -0.05) is 24.3 Å². The summed E-state index contributed by atoms with van der Waals surface area (Å²) in [6.45, 7) is 0.645. The summed E-state index contributed by atoms with van der Waals surface area (Å²) in [6, 6.07) is 16.4. The Hall–Kier alpha value is -3.39. The maximum atomic E-state index is 12.4. The summed E-state index contributed by atoms with van der Waals surface area (Å²) in [4.78, 5) is 26.1. The molecule has 0 saturated heterocycles. The zero-order valence-corrected chi connectivity index (χ0v) is 13.6. The van der Waals surface area contributed by atoms with Crippen molar-refractivity contribution in [2.45, 2.75) is 12.8 Å². The molecule has 0 bridgehead atoms. The van der Waals surface area contributed by atoms with Gasteiger partial charge in [0.25, 0.3) is 5.91 Å². The van der Waals surface area contributed by atoms with Gasteiger partial charge in [-0.25, -0.2) is 0 Å². The van der Waals surface area contributed by atoms with Crippen molar-refractivity contribution in [2.75, 3.05) is 16.8 Å². The number of carbonyl (C=O) groups excluding carboxylic acids is 2. The van der Waals surface area contributed by atoms with Crippen LogP contribution in [0.1, 0.15) is 17.5 Å². The van der Waals surface area contributed by atoms with Crippen molar-refractivity contribution in [1.29, 1.82) is 5.26 Å². The van der Waals surface area contributed by atoms with Crippen molar-refractivity contribution in [3.63, 3.8) is 0 Å². The van der Waals surface area contributed by atoms with Gasteiger partial charge in [0.2, 0.25) is 5.91 Å². The monoisotopic (exact) mass is 331 g/mol. The van der Waals surface area contributed by atoms with Gasteiger partial charge in [-0.2, -0.15) is 5.26 Å². The number of hydrogen-bond donors (Lipinski definition) is 1. The van der Waals surface area contributed by atoms with Crippen LogP contribution in [-0.4, -0.2) is 18.4 Å². The second-order valence-corrected chi connectivity index (χ2v) is 5.74. The number of aryl methyl sites for hydroxylation is 1. The van der Waals surface area contributed by atoms with E-state index >= 15 is 0 Å². The van der Waals surface area contributed by atoms with Gasteiger partial charge in [-0.15, -0.1) is 0 Å². The Balaban J connectivity index is 1.67. The Morgan fingerprint density at radius 1 is 1.12 bits per heavy atom. The second-order valence-electron chi connectivity index (χ2n) is 5.74. The lowest BCUT2D eigenvalue weighted by molar-refractivity contribution is -0.115. The summed E-state index contributed by atoms with van der Waals surface area (Å²) in [5.74, 6) is -0.623. The molecule has 1 aliphatic heterocycles. The smallest absolute Gasteiger partial charge is 0.251 e. The molecule has 2 aromatic carbocycles. The standard InChI is InChI=1S/C20H17N3O2/c21-14-15-5-3-8-17(13-15)22-19(24)10-11-20(25)23-12-4-7-16-6-1-2-9-18(16)23/h1-3,5-6,8-11,13H,4,7,12H2,(H,22,24)/b11-10+. The predicted octanol–water partition coefficient (Wildman–Crippen LogP) is 3.03. The molecule has 1 N–H and O–H groups in total. The highest BCUT2D eigenvalue weighted by Crippen LogP contribution is 2.26. The van der Waals surface area contributed by atoms with Gasteiger partial charge < -0.3 is 10.2 Å². The Bertz CT molecular complexity index is 881. The summed E-state index contributed by atoms with van der Waals surface area (Å²) in [7, 11) is 0. The van der Waals surface area contributed by atoms with Crippen molar-refractivity contribution >= 4 is 23.2 Å². The summed E-state index contributed by atoms with van der Waals surface area (Å²) in [5, 5.41) is 11.5. The number of rotatable bonds is 3. The molecule has 0 radical (unpaired) electrons. The first-order valence-corrected chi connectivity index (χ1v) is 8.06. The fourth-order valence-corrected chi connectivity index (χ4v) is 2.85. The van der Waals surface area contributed by atoms with Crippen molar-refractivity contribution in [3.8, 4) is 6.07 Å². The second kappa shape index (κ2) is 7.45. The van der Waals surface area contributed by atoms with Crippen molar-refractivity contribution < 1.29 is 9.59 Å². The molecule has 5 heteroatoms. The highest BCUT2D eigenvalue weighted by Gasteiger charge is 2.20. The molecule has 3 rings (SSSR count). The quantitative estimate of drug-likeness (QED) is 0.879. The van der Waals surface area contributed by atoms with E-state index in [1.165, 1.54) is 12.2 Å². The van der Waals surface area contributed by atoms with E-state index in [4.69, 9.17) is 5.26 Å². The first-order valence-electron chi connectivity index (χ1n) is 8.06. The van der Waals surface area contributed by atoms with E-state index < -0.39 is 5.91 Å². The van der Waals surface area contributed by atoms with Crippen LogP contribution in [0.2, 0.25) is 0 Å². The SMILES string of the molecule is N#Cc1cccc(NC(=O)/C=C/C(=O)N2CCCc3ccccc32)c1. The van der Waals surface area contributed by atoms with Crippen LogP contribution in [0.5, 0.6) is 0 Å². The van der Waals surface area contributed by atoms with Crippen molar-refractivity contribution in [2.24, 2.45) is 0 Å². The van der Waals surface area contributed by atoms with E-state index in [1.807, 2.05) is 30.3 Å². The number of nitrogens with one attached hydrogen (secondary N) is 1. The number of hydrogen-bond acceptors (Lipinski definition) is 3. The summed E-state index contributed by atoms with van der Waals surface area (Å²) in [6.07, 6.45) is 4.37. The maximum Gasteiger partial charge on any atom is 0.251 e. The van der Waals surface area contributed by atoms with E-state index in [0.29, 0.717) is 17.8 Å². The van der Waals surface area contributed by atoms with Gasteiger partial charge in [0, 0.05) is 30.1 Å². The molecule has 0 unspecified atom stereocenters. The van der Waals surface area contributed by atoms with Crippen LogP contribution < -0.4 is 10.2 Å². The average Bonchev–Trinajstić information content (AvgIpc) is 2.65.